The predicted octanol–water partition coefficient (Wildman–Crippen LogP) is 3.73. The molecule has 7 heteroatoms. The van der Waals surface area contributed by atoms with Crippen molar-refractivity contribution in [2.75, 3.05) is 10.6 Å². The van der Waals surface area contributed by atoms with Crippen LogP contribution >= 0.6 is 11.6 Å². The SMILES string of the molecule is O=C(Nc1cccc(Cl)c1)c1ccc(NC(=O)[C@H]2[C@@H]3C[C@H]4[C@@H]2C(=O)O[C@@H]4C3)cc1. The molecule has 2 aromatic carbocycles. The summed E-state index contributed by atoms with van der Waals surface area (Å²) in [7, 11) is 0. The Balaban J connectivity index is 1.24. The highest BCUT2D eigenvalue weighted by Crippen LogP contribution is 2.57. The molecule has 3 fully saturated rings. The van der Waals surface area contributed by atoms with Gasteiger partial charge in [-0.05, 0) is 61.2 Å². The third kappa shape index (κ3) is 3.17. The summed E-state index contributed by atoms with van der Waals surface area (Å²) in [6, 6.07) is 13.6. The third-order valence-corrected chi connectivity index (χ3v) is 6.52. The van der Waals surface area contributed by atoms with E-state index in [-0.39, 0.29) is 47.6 Å². The molecule has 2 amide bonds. The summed E-state index contributed by atoms with van der Waals surface area (Å²) in [6.07, 6.45) is 1.69. The van der Waals surface area contributed by atoms with Gasteiger partial charge in [0.2, 0.25) is 5.91 Å². The summed E-state index contributed by atoms with van der Waals surface area (Å²) >= 11 is 5.93. The minimum Gasteiger partial charge on any atom is -0.462 e. The van der Waals surface area contributed by atoms with E-state index in [1.807, 2.05) is 0 Å². The molecule has 1 aliphatic heterocycles. The van der Waals surface area contributed by atoms with Crippen LogP contribution in [0.1, 0.15) is 23.2 Å². The summed E-state index contributed by atoms with van der Waals surface area (Å²) in [4.78, 5) is 37.3. The molecule has 1 heterocycles. The summed E-state index contributed by atoms with van der Waals surface area (Å²) in [5.41, 5.74) is 1.67. The van der Waals surface area contributed by atoms with Gasteiger partial charge in [0, 0.05) is 27.9 Å². The van der Waals surface area contributed by atoms with Crippen LogP contribution in [0.25, 0.3) is 0 Å². The van der Waals surface area contributed by atoms with Crippen molar-refractivity contribution in [2.24, 2.45) is 23.7 Å². The zero-order valence-electron chi connectivity index (χ0n) is 15.4. The molecular formula is C22H19ClN2O4. The summed E-state index contributed by atoms with van der Waals surface area (Å²) in [5.74, 6) is -0.856. The number of benzene rings is 2. The average Bonchev–Trinajstić information content (AvgIpc) is 3.31. The Morgan fingerprint density at radius 3 is 2.55 bits per heavy atom. The molecule has 29 heavy (non-hydrogen) atoms. The molecule has 2 saturated carbocycles. The van der Waals surface area contributed by atoms with Gasteiger partial charge in [-0.2, -0.15) is 0 Å². The van der Waals surface area contributed by atoms with Gasteiger partial charge in [0.1, 0.15) is 6.10 Å². The maximum Gasteiger partial charge on any atom is 0.310 e. The lowest BCUT2D eigenvalue weighted by atomic mass is 9.79. The second-order valence-corrected chi connectivity index (χ2v) is 8.39. The Morgan fingerprint density at radius 1 is 1.00 bits per heavy atom. The maximum atomic E-state index is 12.8. The zero-order chi connectivity index (χ0) is 20.1. The average molecular weight is 411 g/mol. The first-order valence-electron chi connectivity index (χ1n) is 9.68. The number of esters is 1. The van der Waals surface area contributed by atoms with Gasteiger partial charge in [-0.1, -0.05) is 17.7 Å². The lowest BCUT2D eigenvalue weighted by Gasteiger charge is -2.23. The number of fused-ring (bicyclic) bond motifs is 1. The highest BCUT2D eigenvalue weighted by Gasteiger charge is 2.63. The van der Waals surface area contributed by atoms with Gasteiger partial charge >= 0.3 is 5.97 Å². The molecular weight excluding hydrogens is 392 g/mol. The van der Waals surface area contributed by atoms with Gasteiger partial charge < -0.3 is 15.4 Å². The van der Waals surface area contributed by atoms with Crippen LogP contribution in [-0.2, 0) is 14.3 Å². The molecule has 0 unspecified atom stereocenters. The molecule has 5 rings (SSSR count). The van der Waals surface area contributed by atoms with Crippen molar-refractivity contribution in [3.8, 4) is 0 Å². The maximum absolute atomic E-state index is 12.8. The quantitative estimate of drug-likeness (QED) is 0.752. The number of amides is 2. The number of hydrogen-bond donors (Lipinski definition) is 2. The minimum atomic E-state index is -0.322. The first-order chi connectivity index (χ1) is 14.0. The molecule has 2 aromatic rings. The molecule has 0 radical (unpaired) electrons. The Hall–Kier alpha value is -2.86. The Morgan fingerprint density at radius 2 is 1.79 bits per heavy atom. The van der Waals surface area contributed by atoms with Crippen LogP contribution < -0.4 is 10.6 Å². The van der Waals surface area contributed by atoms with E-state index in [2.05, 4.69) is 10.6 Å². The van der Waals surface area contributed by atoms with E-state index >= 15 is 0 Å². The van der Waals surface area contributed by atoms with Crippen molar-refractivity contribution in [3.05, 3.63) is 59.1 Å². The monoisotopic (exact) mass is 410 g/mol. The summed E-state index contributed by atoms with van der Waals surface area (Å²) in [5, 5.41) is 6.22. The summed E-state index contributed by atoms with van der Waals surface area (Å²) in [6.45, 7) is 0. The van der Waals surface area contributed by atoms with Crippen molar-refractivity contribution < 1.29 is 19.1 Å². The van der Waals surface area contributed by atoms with Crippen LogP contribution in [0.4, 0.5) is 11.4 Å². The first kappa shape index (κ1) is 18.2. The van der Waals surface area contributed by atoms with Crippen molar-refractivity contribution >= 4 is 40.8 Å². The number of hydrogen-bond acceptors (Lipinski definition) is 4. The van der Waals surface area contributed by atoms with Gasteiger partial charge in [-0.15, -0.1) is 0 Å². The third-order valence-electron chi connectivity index (χ3n) is 6.28. The Kier molecular flexibility index (Phi) is 4.32. The van der Waals surface area contributed by atoms with E-state index in [4.69, 9.17) is 16.3 Å². The largest absolute Gasteiger partial charge is 0.462 e. The van der Waals surface area contributed by atoms with Crippen molar-refractivity contribution in [2.45, 2.75) is 18.9 Å². The second kappa shape index (κ2) is 6.88. The lowest BCUT2D eigenvalue weighted by molar-refractivity contribution is -0.145. The number of ether oxygens (including phenoxy) is 1. The Labute approximate surface area is 172 Å². The van der Waals surface area contributed by atoms with Crippen molar-refractivity contribution in [3.63, 3.8) is 0 Å². The fourth-order valence-electron chi connectivity index (χ4n) is 5.06. The molecule has 148 valence electrons. The first-order valence-corrected chi connectivity index (χ1v) is 10.1. The highest BCUT2D eigenvalue weighted by molar-refractivity contribution is 6.31. The molecule has 0 aromatic heterocycles. The fourth-order valence-corrected chi connectivity index (χ4v) is 5.25. The number of halogens is 1. The smallest absolute Gasteiger partial charge is 0.310 e. The van der Waals surface area contributed by atoms with Gasteiger partial charge in [0.25, 0.3) is 5.91 Å². The topological polar surface area (TPSA) is 84.5 Å². The van der Waals surface area contributed by atoms with E-state index in [0.29, 0.717) is 22.0 Å². The van der Waals surface area contributed by atoms with E-state index in [9.17, 15) is 14.4 Å². The Bertz CT molecular complexity index is 1000. The van der Waals surface area contributed by atoms with Crippen LogP contribution in [0.15, 0.2) is 48.5 Å². The second-order valence-electron chi connectivity index (χ2n) is 7.95. The molecule has 5 atom stereocenters. The number of nitrogens with one attached hydrogen (secondary N) is 2. The summed E-state index contributed by atoms with van der Waals surface area (Å²) < 4.78 is 5.40. The van der Waals surface area contributed by atoms with Crippen LogP contribution in [-0.4, -0.2) is 23.9 Å². The number of carbonyl (C=O) groups is 3. The van der Waals surface area contributed by atoms with Crippen LogP contribution in [0.5, 0.6) is 0 Å². The van der Waals surface area contributed by atoms with Crippen LogP contribution in [0.3, 0.4) is 0 Å². The van der Waals surface area contributed by atoms with Crippen LogP contribution in [0, 0.1) is 23.7 Å². The van der Waals surface area contributed by atoms with E-state index in [1.165, 1.54) is 0 Å². The standard InChI is InChI=1S/C22H19ClN2O4/c23-13-2-1-3-15(10-13)25-20(26)11-4-6-14(7-5-11)24-21(27)18-12-8-16-17(9-12)29-22(28)19(16)18/h1-7,10,12,16-19H,8-9H2,(H,24,27)(H,25,26)/t12-,16-,17-,18+,19+/m1/s1. The van der Waals surface area contributed by atoms with Crippen LogP contribution in [0.2, 0.25) is 5.02 Å². The van der Waals surface area contributed by atoms with Gasteiger partial charge in [0.05, 0.1) is 11.8 Å². The highest BCUT2D eigenvalue weighted by atomic mass is 35.5. The van der Waals surface area contributed by atoms with Gasteiger partial charge in [-0.25, -0.2) is 0 Å². The lowest BCUT2D eigenvalue weighted by Crippen LogP contribution is -2.35. The molecule has 2 aliphatic carbocycles. The fraction of sp³-hybridized carbons (Fsp3) is 0.318. The number of rotatable bonds is 4. The van der Waals surface area contributed by atoms with Gasteiger partial charge in [-0.3, -0.25) is 14.4 Å². The minimum absolute atomic E-state index is 0.0128. The van der Waals surface area contributed by atoms with Crippen molar-refractivity contribution in [1.29, 1.82) is 0 Å². The predicted molar refractivity (Wildman–Crippen MR) is 108 cm³/mol. The molecule has 2 bridgehead atoms. The van der Waals surface area contributed by atoms with E-state index in [0.717, 1.165) is 12.8 Å². The van der Waals surface area contributed by atoms with Crippen molar-refractivity contribution in [1.82, 2.24) is 0 Å². The molecule has 2 N–H and O–H groups in total. The molecule has 1 saturated heterocycles. The number of carbonyl (C=O) groups excluding carboxylic acids is 3. The number of anilines is 2. The van der Waals surface area contributed by atoms with Gasteiger partial charge in [0.15, 0.2) is 0 Å². The normalized spacial score (nSPS) is 28.9. The molecule has 0 spiro atoms. The van der Waals surface area contributed by atoms with E-state index in [1.54, 1.807) is 48.5 Å². The molecule has 3 aliphatic rings. The molecule has 6 nitrogen and oxygen atoms in total. The van der Waals surface area contributed by atoms with E-state index < -0.39 is 0 Å². The zero-order valence-corrected chi connectivity index (χ0v) is 16.2.